The minimum Gasteiger partial charge on any atom is -0.508 e. The Morgan fingerprint density at radius 3 is 2.67 bits per heavy atom. The monoisotopic (exact) mass is 243 g/mol. The van der Waals surface area contributed by atoms with Crippen molar-refractivity contribution in [2.75, 3.05) is 0 Å². The molecule has 94 valence electrons. The van der Waals surface area contributed by atoms with Crippen molar-refractivity contribution in [3.63, 3.8) is 0 Å². The van der Waals surface area contributed by atoms with Gasteiger partial charge in [-0.3, -0.25) is 0 Å². The van der Waals surface area contributed by atoms with Crippen LogP contribution in [0.1, 0.15) is 24.1 Å². The molecular weight excluding hydrogens is 226 g/mol. The van der Waals surface area contributed by atoms with Gasteiger partial charge in [-0.05, 0) is 30.7 Å². The van der Waals surface area contributed by atoms with E-state index in [2.05, 4.69) is 0 Å². The van der Waals surface area contributed by atoms with E-state index in [1.807, 2.05) is 37.3 Å². The molecule has 0 aliphatic heterocycles. The molecule has 3 nitrogen and oxygen atoms in total. The Labute approximate surface area is 107 Å². The third kappa shape index (κ3) is 3.02. The molecule has 3 heteroatoms. The van der Waals surface area contributed by atoms with Gasteiger partial charge >= 0.3 is 0 Å². The smallest absolute Gasteiger partial charge is 0.124 e. The van der Waals surface area contributed by atoms with Gasteiger partial charge in [-0.1, -0.05) is 30.3 Å². The molecule has 1 atom stereocenters. The van der Waals surface area contributed by atoms with Gasteiger partial charge in [0.05, 0.1) is 0 Å². The van der Waals surface area contributed by atoms with Gasteiger partial charge in [0.2, 0.25) is 0 Å². The Hall–Kier alpha value is -2.00. The summed E-state index contributed by atoms with van der Waals surface area (Å²) in [5.41, 5.74) is 7.80. The molecule has 0 aromatic heterocycles. The Bertz CT molecular complexity index is 523. The van der Waals surface area contributed by atoms with E-state index in [-0.39, 0.29) is 11.8 Å². The van der Waals surface area contributed by atoms with Crippen molar-refractivity contribution in [1.82, 2.24) is 0 Å². The van der Waals surface area contributed by atoms with Crippen molar-refractivity contribution in [3.05, 3.63) is 59.7 Å². The van der Waals surface area contributed by atoms with Gasteiger partial charge in [0, 0.05) is 11.6 Å². The summed E-state index contributed by atoms with van der Waals surface area (Å²) in [6, 6.07) is 14.7. The second kappa shape index (κ2) is 5.56. The van der Waals surface area contributed by atoms with Crippen LogP contribution in [0.15, 0.2) is 48.5 Å². The molecule has 0 saturated heterocycles. The molecule has 2 aromatic carbocycles. The first kappa shape index (κ1) is 12.5. The largest absolute Gasteiger partial charge is 0.508 e. The molecule has 2 rings (SSSR count). The fraction of sp³-hybridized carbons (Fsp3) is 0.200. The van der Waals surface area contributed by atoms with Crippen molar-refractivity contribution in [3.8, 4) is 11.5 Å². The van der Waals surface area contributed by atoms with Gasteiger partial charge in [0.1, 0.15) is 18.1 Å². The van der Waals surface area contributed by atoms with Gasteiger partial charge in [0.15, 0.2) is 0 Å². The van der Waals surface area contributed by atoms with Gasteiger partial charge in [-0.15, -0.1) is 0 Å². The molecule has 0 amide bonds. The van der Waals surface area contributed by atoms with Gasteiger partial charge < -0.3 is 15.6 Å². The zero-order valence-electron chi connectivity index (χ0n) is 10.3. The van der Waals surface area contributed by atoms with Crippen LogP contribution >= 0.6 is 0 Å². The summed E-state index contributed by atoms with van der Waals surface area (Å²) in [7, 11) is 0. The highest BCUT2D eigenvalue weighted by molar-refractivity contribution is 5.36. The van der Waals surface area contributed by atoms with Crippen molar-refractivity contribution in [1.29, 1.82) is 0 Å². The second-order valence-corrected chi connectivity index (χ2v) is 4.29. The Morgan fingerprint density at radius 2 is 1.94 bits per heavy atom. The number of rotatable bonds is 4. The maximum atomic E-state index is 9.38. The van der Waals surface area contributed by atoms with Gasteiger partial charge in [-0.2, -0.15) is 0 Å². The van der Waals surface area contributed by atoms with E-state index < -0.39 is 0 Å². The van der Waals surface area contributed by atoms with E-state index in [1.54, 1.807) is 18.2 Å². The fourth-order valence-corrected chi connectivity index (χ4v) is 1.80. The van der Waals surface area contributed by atoms with E-state index in [0.717, 1.165) is 16.9 Å². The van der Waals surface area contributed by atoms with Gasteiger partial charge in [0.25, 0.3) is 0 Å². The standard InChI is InChI=1S/C15H17NO2/c1-11(16)14-7-2-3-8-15(14)18-10-12-5-4-6-13(17)9-12/h2-9,11,17H,10,16H2,1H3. The van der Waals surface area contributed by atoms with Crippen LogP contribution in [-0.4, -0.2) is 5.11 Å². The molecule has 1 unspecified atom stereocenters. The average molecular weight is 243 g/mol. The maximum absolute atomic E-state index is 9.38. The summed E-state index contributed by atoms with van der Waals surface area (Å²) in [5.74, 6) is 1.03. The molecule has 0 aliphatic rings. The van der Waals surface area contributed by atoms with E-state index >= 15 is 0 Å². The number of ether oxygens (including phenoxy) is 1. The van der Waals surface area contributed by atoms with Crippen LogP contribution in [0.5, 0.6) is 11.5 Å². The van der Waals surface area contributed by atoms with E-state index in [1.165, 1.54) is 0 Å². The van der Waals surface area contributed by atoms with Crippen LogP contribution in [0, 0.1) is 0 Å². The number of para-hydroxylation sites is 1. The first-order valence-corrected chi connectivity index (χ1v) is 5.92. The molecular formula is C15H17NO2. The molecule has 3 N–H and O–H groups in total. The topological polar surface area (TPSA) is 55.5 Å². The Balaban J connectivity index is 2.11. The predicted molar refractivity (Wildman–Crippen MR) is 71.5 cm³/mol. The summed E-state index contributed by atoms with van der Waals surface area (Å²) < 4.78 is 5.75. The van der Waals surface area contributed by atoms with Crippen LogP contribution in [0.3, 0.4) is 0 Å². The SMILES string of the molecule is CC(N)c1ccccc1OCc1cccc(O)c1. The molecule has 0 radical (unpaired) electrons. The molecule has 18 heavy (non-hydrogen) atoms. The molecule has 2 aromatic rings. The normalized spacial score (nSPS) is 12.1. The lowest BCUT2D eigenvalue weighted by Gasteiger charge is -2.13. The van der Waals surface area contributed by atoms with Crippen LogP contribution in [0.2, 0.25) is 0 Å². The summed E-state index contributed by atoms with van der Waals surface area (Å²) in [6.45, 7) is 2.34. The summed E-state index contributed by atoms with van der Waals surface area (Å²) in [5, 5.41) is 9.38. The second-order valence-electron chi connectivity index (χ2n) is 4.29. The number of nitrogens with two attached hydrogens (primary N) is 1. The highest BCUT2D eigenvalue weighted by Gasteiger charge is 2.07. The first-order chi connectivity index (χ1) is 8.66. The van der Waals surface area contributed by atoms with E-state index in [9.17, 15) is 5.11 Å². The zero-order valence-corrected chi connectivity index (χ0v) is 10.3. The molecule has 0 saturated carbocycles. The highest BCUT2D eigenvalue weighted by Crippen LogP contribution is 2.24. The fourth-order valence-electron chi connectivity index (χ4n) is 1.80. The zero-order chi connectivity index (χ0) is 13.0. The molecule has 0 aliphatic carbocycles. The van der Waals surface area contributed by atoms with Crippen molar-refractivity contribution < 1.29 is 9.84 Å². The van der Waals surface area contributed by atoms with Crippen LogP contribution in [0.25, 0.3) is 0 Å². The quantitative estimate of drug-likeness (QED) is 0.868. The lowest BCUT2D eigenvalue weighted by molar-refractivity contribution is 0.301. The average Bonchev–Trinajstić information content (AvgIpc) is 2.37. The van der Waals surface area contributed by atoms with Crippen LogP contribution in [0.4, 0.5) is 0 Å². The summed E-state index contributed by atoms with van der Waals surface area (Å²) >= 11 is 0. The maximum Gasteiger partial charge on any atom is 0.124 e. The third-order valence-corrected chi connectivity index (χ3v) is 2.71. The number of phenolic OH excluding ortho intramolecular Hbond substituents is 1. The van der Waals surface area contributed by atoms with Crippen molar-refractivity contribution in [2.45, 2.75) is 19.6 Å². The Kier molecular flexibility index (Phi) is 3.85. The molecule has 0 bridgehead atoms. The minimum atomic E-state index is -0.0645. The summed E-state index contributed by atoms with van der Waals surface area (Å²) in [4.78, 5) is 0. The lowest BCUT2D eigenvalue weighted by Crippen LogP contribution is -2.07. The number of hydrogen-bond donors (Lipinski definition) is 2. The van der Waals surface area contributed by atoms with E-state index in [0.29, 0.717) is 6.61 Å². The predicted octanol–water partition coefficient (Wildman–Crippen LogP) is 2.99. The third-order valence-electron chi connectivity index (χ3n) is 2.71. The van der Waals surface area contributed by atoms with Crippen LogP contribution in [-0.2, 0) is 6.61 Å². The molecule has 0 fully saturated rings. The van der Waals surface area contributed by atoms with Crippen molar-refractivity contribution >= 4 is 0 Å². The van der Waals surface area contributed by atoms with E-state index in [4.69, 9.17) is 10.5 Å². The molecule has 0 spiro atoms. The minimum absolute atomic E-state index is 0.0645. The number of aromatic hydroxyl groups is 1. The summed E-state index contributed by atoms with van der Waals surface area (Å²) in [6.07, 6.45) is 0. The lowest BCUT2D eigenvalue weighted by atomic mass is 10.1. The number of benzene rings is 2. The van der Waals surface area contributed by atoms with Crippen LogP contribution < -0.4 is 10.5 Å². The number of phenols is 1. The molecule has 0 heterocycles. The van der Waals surface area contributed by atoms with Crippen molar-refractivity contribution in [2.24, 2.45) is 5.73 Å². The Morgan fingerprint density at radius 1 is 1.17 bits per heavy atom. The number of hydrogen-bond acceptors (Lipinski definition) is 3. The van der Waals surface area contributed by atoms with Gasteiger partial charge in [-0.25, -0.2) is 0 Å². The highest BCUT2D eigenvalue weighted by atomic mass is 16.5. The first-order valence-electron chi connectivity index (χ1n) is 5.92.